The summed E-state index contributed by atoms with van der Waals surface area (Å²) >= 11 is 0. The summed E-state index contributed by atoms with van der Waals surface area (Å²) in [6, 6.07) is 0. The molecule has 0 aromatic carbocycles. The number of hydrogen-bond acceptors (Lipinski definition) is 6. The maximum Gasteiger partial charge on any atom is 0.309 e. The molecule has 0 aliphatic heterocycles. The van der Waals surface area contributed by atoms with Gasteiger partial charge in [0.2, 0.25) is 0 Å². The van der Waals surface area contributed by atoms with E-state index in [0.717, 1.165) is 83.5 Å². The molecule has 0 rings (SSSR count). The molecule has 6 heteroatoms. The maximum atomic E-state index is 12.7. The summed E-state index contributed by atoms with van der Waals surface area (Å²) in [5.74, 6) is -1.13. The van der Waals surface area contributed by atoms with Crippen LogP contribution in [0.25, 0.3) is 0 Å². The number of carbonyl (C=O) groups is 3. The molecule has 6 nitrogen and oxygen atoms in total. The molecule has 0 fully saturated rings. The first kappa shape index (κ1) is 50.1. The molecule has 1 unspecified atom stereocenters. The minimum atomic E-state index is -0.834. The van der Waals surface area contributed by atoms with Crippen molar-refractivity contribution >= 4 is 17.9 Å². The first-order chi connectivity index (χ1) is 26.5. The number of allylic oxidation sites excluding steroid dienone is 17. The van der Waals surface area contributed by atoms with Crippen molar-refractivity contribution in [3.05, 3.63) is 109 Å². The van der Waals surface area contributed by atoms with E-state index in [4.69, 9.17) is 14.2 Å². The van der Waals surface area contributed by atoms with E-state index in [1.165, 1.54) is 32.1 Å². The lowest BCUT2D eigenvalue weighted by atomic mass is 10.1. The van der Waals surface area contributed by atoms with Gasteiger partial charge in [0.15, 0.2) is 6.10 Å². The number of hydrogen-bond donors (Lipinski definition) is 0. The van der Waals surface area contributed by atoms with Crippen molar-refractivity contribution < 1.29 is 28.6 Å². The molecular weight excluding hydrogens is 673 g/mol. The van der Waals surface area contributed by atoms with Crippen LogP contribution < -0.4 is 0 Å². The zero-order valence-electron chi connectivity index (χ0n) is 34.2. The smallest absolute Gasteiger partial charge is 0.309 e. The lowest BCUT2D eigenvalue weighted by Crippen LogP contribution is -2.30. The van der Waals surface area contributed by atoms with Crippen LogP contribution in [0.15, 0.2) is 109 Å². The van der Waals surface area contributed by atoms with Gasteiger partial charge in [-0.15, -0.1) is 0 Å². The number of unbranched alkanes of at least 4 members (excludes halogenated alkanes) is 11. The Kier molecular flexibility index (Phi) is 38.8. The van der Waals surface area contributed by atoms with Crippen molar-refractivity contribution in [2.45, 2.75) is 162 Å². The largest absolute Gasteiger partial charge is 0.462 e. The summed E-state index contributed by atoms with van der Waals surface area (Å²) < 4.78 is 16.5. The molecular formula is C48H74O6. The molecule has 0 aromatic heterocycles. The minimum Gasteiger partial charge on any atom is -0.462 e. The van der Waals surface area contributed by atoms with Gasteiger partial charge in [0.25, 0.3) is 0 Å². The van der Waals surface area contributed by atoms with Crippen molar-refractivity contribution in [3.63, 3.8) is 0 Å². The number of ether oxygens (including phenoxy) is 3. The van der Waals surface area contributed by atoms with Crippen molar-refractivity contribution in [3.8, 4) is 0 Å². The molecule has 0 spiro atoms. The summed E-state index contributed by atoms with van der Waals surface area (Å²) in [6.07, 6.45) is 55.3. The van der Waals surface area contributed by atoms with Crippen LogP contribution in [0.1, 0.15) is 156 Å². The van der Waals surface area contributed by atoms with Gasteiger partial charge in [0.1, 0.15) is 13.2 Å². The Morgan fingerprint density at radius 1 is 0.426 bits per heavy atom. The fraction of sp³-hybridized carbons (Fsp3) is 0.562. The predicted molar refractivity (Wildman–Crippen MR) is 228 cm³/mol. The highest BCUT2D eigenvalue weighted by Gasteiger charge is 2.19. The van der Waals surface area contributed by atoms with Crippen LogP contribution >= 0.6 is 0 Å². The van der Waals surface area contributed by atoms with Crippen LogP contribution in [0, 0.1) is 0 Å². The topological polar surface area (TPSA) is 78.9 Å². The molecule has 0 heterocycles. The Balaban J connectivity index is 4.57. The van der Waals surface area contributed by atoms with E-state index < -0.39 is 12.1 Å². The lowest BCUT2D eigenvalue weighted by Gasteiger charge is -2.18. The van der Waals surface area contributed by atoms with Crippen molar-refractivity contribution in [1.82, 2.24) is 0 Å². The average molecular weight is 747 g/mol. The third kappa shape index (κ3) is 39.3. The molecule has 0 saturated heterocycles. The van der Waals surface area contributed by atoms with Crippen LogP contribution in [0.4, 0.5) is 0 Å². The van der Waals surface area contributed by atoms with Crippen molar-refractivity contribution in [2.24, 2.45) is 0 Å². The van der Waals surface area contributed by atoms with Gasteiger partial charge in [-0.3, -0.25) is 14.4 Å². The summed E-state index contributed by atoms with van der Waals surface area (Å²) in [5, 5.41) is 0. The third-order valence-electron chi connectivity index (χ3n) is 8.15. The highest BCUT2D eigenvalue weighted by molar-refractivity contribution is 5.72. The summed E-state index contributed by atoms with van der Waals surface area (Å²) in [6.45, 7) is 6.16. The molecule has 0 aliphatic carbocycles. The Bertz CT molecular complexity index is 1180. The molecule has 1 atom stereocenters. The highest BCUT2D eigenvalue weighted by Crippen LogP contribution is 2.11. The Morgan fingerprint density at radius 2 is 0.889 bits per heavy atom. The van der Waals surface area contributed by atoms with Gasteiger partial charge >= 0.3 is 17.9 Å². The Labute approximate surface area is 330 Å². The average Bonchev–Trinajstić information content (AvgIpc) is 3.17. The standard InChI is InChI=1S/C48H74O6/c1-4-7-10-13-16-19-21-23-24-25-27-29-32-35-38-41-47(50)53-44-45(43-52-46(49)40-37-34-31-28-18-15-12-9-6-3)54-48(51)42-39-36-33-30-26-22-20-17-14-11-8-5-2/h7,9-10,12-13,16-21,23-25,27-28,34,37,45H,4-6,8,11,14-15,22,26,29-33,35-36,38-44H2,1-3H3/b10-7-,12-9-,16-13-,20-17-,21-19-,24-23-,27-25-,28-18-,37-34-. The summed E-state index contributed by atoms with van der Waals surface area (Å²) in [7, 11) is 0. The monoisotopic (exact) mass is 747 g/mol. The molecule has 0 bridgehead atoms. The second-order valence-corrected chi connectivity index (χ2v) is 13.3. The quantitative estimate of drug-likeness (QED) is 0.0211. The normalized spacial score (nSPS) is 13.2. The van der Waals surface area contributed by atoms with Crippen molar-refractivity contribution in [1.29, 1.82) is 0 Å². The van der Waals surface area contributed by atoms with E-state index in [0.29, 0.717) is 6.42 Å². The van der Waals surface area contributed by atoms with Crippen LogP contribution in [-0.2, 0) is 28.6 Å². The molecule has 0 aromatic rings. The van der Waals surface area contributed by atoms with Crippen LogP contribution in [-0.4, -0.2) is 37.2 Å². The summed E-state index contributed by atoms with van der Waals surface area (Å²) in [5.41, 5.74) is 0. The first-order valence-electron chi connectivity index (χ1n) is 21.0. The highest BCUT2D eigenvalue weighted by atomic mass is 16.6. The molecule has 0 aliphatic rings. The second kappa shape index (κ2) is 41.8. The van der Waals surface area contributed by atoms with E-state index in [9.17, 15) is 14.4 Å². The molecule has 0 N–H and O–H groups in total. The molecule has 54 heavy (non-hydrogen) atoms. The van der Waals surface area contributed by atoms with E-state index in [1.54, 1.807) is 6.08 Å². The van der Waals surface area contributed by atoms with E-state index in [1.807, 2.05) is 54.7 Å². The van der Waals surface area contributed by atoms with Gasteiger partial charge < -0.3 is 14.2 Å². The zero-order chi connectivity index (χ0) is 39.4. The SMILES string of the molecule is CC\C=C/C=C\C=C/C=C\C=C/CCCCCC(=O)OCC(COC(=O)C/C=C\C/C=C\C/C=C\CC)OC(=O)CCCCCCC/C=C\CCCCC. The second-order valence-electron chi connectivity index (χ2n) is 13.3. The zero-order valence-corrected chi connectivity index (χ0v) is 34.2. The van der Waals surface area contributed by atoms with Crippen molar-refractivity contribution in [2.75, 3.05) is 13.2 Å². The fourth-order valence-corrected chi connectivity index (χ4v) is 5.04. The third-order valence-corrected chi connectivity index (χ3v) is 8.15. The van der Waals surface area contributed by atoms with Crippen LogP contribution in [0.2, 0.25) is 0 Å². The number of rotatable bonds is 35. The van der Waals surface area contributed by atoms with Gasteiger partial charge in [-0.25, -0.2) is 0 Å². The Morgan fingerprint density at radius 3 is 1.52 bits per heavy atom. The van der Waals surface area contributed by atoms with Gasteiger partial charge in [-0.1, -0.05) is 169 Å². The molecule has 0 radical (unpaired) electrons. The van der Waals surface area contributed by atoms with Gasteiger partial charge in [-0.05, 0) is 77.0 Å². The lowest BCUT2D eigenvalue weighted by molar-refractivity contribution is -0.166. The molecule has 302 valence electrons. The number of esters is 3. The van der Waals surface area contributed by atoms with E-state index in [2.05, 4.69) is 69.4 Å². The van der Waals surface area contributed by atoms with Crippen LogP contribution in [0.5, 0.6) is 0 Å². The maximum absolute atomic E-state index is 12.7. The molecule has 0 amide bonds. The predicted octanol–water partition coefficient (Wildman–Crippen LogP) is 13.2. The van der Waals surface area contributed by atoms with E-state index in [-0.39, 0.29) is 38.0 Å². The Hall–Kier alpha value is -3.93. The van der Waals surface area contributed by atoms with E-state index >= 15 is 0 Å². The van der Waals surface area contributed by atoms with Gasteiger partial charge in [0.05, 0.1) is 6.42 Å². The number of carbonyl (C=O) groups excluding carboxylic acids is 3. The minimum absolute atomic E-state index is 0.121. The molecule has 0 saturated carbocycles. The van der Waals surface area contributed by atoms with Crippen LogP contribution in [0.3, 0.4) is 0 Å². The van der Waals surface area contributed by atoms with Gasteiger partial charge in [-0.2, -0.15) is 0 Å². The summed E-state index contributed by atoms with van der Waals surface area (Å²) in [4.78, 5) is 37.5. The fourth-order valence-electron chi connectivity index (χ4n) is 5.04. The first-order valence-corrected chi connectivity index (χ1v) is 21.0. The van der Waals surface area contributed by atoms with Gasteiger partial charge in [0, 0.05) is 12.8 Å².